The van der Waals surface area contributed by atoms with Gasteiger partial charge in [-0.25, -0.2) is 13.8 Å². The molecule has 0 radical (unpaired) electrons. The number of aromatic amines is 1. The lowest BCUT2D eigenvalue weighted by Gasteiger charge is -2.02. The van der Waals surface area contributed by atoms with Crippen molar-refractivity contribution in [3.05, 3.63) is 41.9 Å². The molecule has 2 aromatic rings. The molecular formula is C13H15F2N3O. The van der Waals surface area contributed by atoms with E-state index in [1.165, 1.54) is 18.3 Å². The smallest absolute Gasteiger partial charge is 0.135 e. The molecule has 1 heterocycles. The van der Waals surface area contributed by atoms with Crippen molar-refractivity contribution < 1.29 is 13.5 Å². The number of halogens is 2. The van der Waals surface area contributed by atoms with E-state index in [0.717, 1.165) is 6.07 Å². The molecule has 2 N–H and O–H groups in total. The van der Waals surface area contributed by atoms with E-state index in [-0.39, 0.29) is 0 Å². The van der Waals surface area contributed by atoms with Gasteiger partial charge in [-0.3, -0.25) is 0 Å². The molecule has 1 aromatic carbocycles. The quantitative estimate of drug-likeness (QED) is 0.788. The molecule has 0 aliphatic heterocycles. The zero-order valence-electron chi connectivity index (χ0n) is 10.5. The number of rotatable bonds is 6. The highest BCUT2D eigenvalue weighted by Crippen LogP contribution is 2.21. The Labute approximate surface area is 109 Å². The highest BCUT2D eigenvalue weighted by Gasteiger charge is 2.09. The average molecular weight is 267 g/mol. The zero-order chi connectivity index (χ0) is 13.7. The fraction of sp³-hybridized carbons (Fsp3) is 0.308. The number of aromatic nitrogens is 2. The lowest BCUT2D eigenvalue weighted by Crippen LogP contribution is -2.19. The molecule has 1 aromatic heterocycles. The minimum atomic E-state index is -0.609. The van der Waals surface area contributed by atoms with Gasteiger partial charge in [0.1, 0.15) is 17.5 Å². The molecule has 0 fully saturated rings. The number of hydrogen-bond donors (Lipinski definition) is 2. The largest absolute Gasteiger partial charge is 0.383 e. The van der Waals surface area contributed by atoms with Gasteiger partial charge in [-0.15, -0.1) is 0 Å². The van der Waals surface area contributed by atoms with E-state index in [4.69, 9.17) is 4.74 Å². The Kier molecular flexibility index (Phi) is 4.59. The third kappa shape index (κ3) is 3.59. The molecule has 0 saturated heterocycles. The van der Waals surface area contributed by atoms with Gasteiger partial charge < -0.3 is 15.0 Å². The van der Waals surface area contributed by atoms with E-state index in [1.807, 2.05) is 0 Å². The maximum absolute atomic E-state index is 13.6. The minimum absolute atomic E-state index is 0.303. The summed E-state index contributed by atoms with van der Waals surface area (Å²) in [5.41, 5.74) is 0.832. The van der Waals surface area contributed by atoms with Gasteiger partial charge in [0, 0.05) is 25.3 Å². The van der Waals surface area contributed by atoms with Crippen molar-refractivity contribution in [1.29, 1.82) is 0 Å². The first-order chi connectivity index (χ1) is 9.20. The van der Waals surface area contributed by atoms with Crippen LogP contribution in [-0.4, -0.2) is 30.2 Å². The van der Waals surface area contributed by atoms with Crippen LogP contribution in [0.1, 0.15) is 5.82 Å². The molecule has 0 amide bonds. The lowest BCUT2D eigenvalue weighted by molar-refractivity contribution is 0.199. The molecule has 0 aliphatic rings. The van der Waals surface area contributed by atoms with Crippen molar-refractivity contribution in [2.24, 2.45) is 0 Å². The molecular weight excluding hydrogens is 252 g/mol. The van der Waals surface area contributed by atoms with Crippen molar-refractivity contribution in [3.63, 3.8) is 0 Å². The summed E-state index contributed by atoms with van der Waals surface area (Å²) in [6.45, 7) is 1.85. The van der Waals surface area contributed by atoms with Crippen molar-refractivity contribution in [3.8, 4) is 11.3 Å². The number of nitrogens with zero attached hydrogens (tertiary/aromatic N) is 1. The first-order valence-electron chi connectivity index (χ1n) is 5.89. The average Bonchev–Trinajstić information content (AvgIpc) is 2.83. The molecule has 0 atom stereocenters. The van der Waals surface area contributed by atoms with Gasteiger partial charge in [0.25, 0.3) is 0 Å². The number of methoxy groups -OCH3 is 1. The molecule has 102 valence electrons. The number of H-pyrrole nitrogens is 1. The Morgan fingerprint density at radius 1 is 1.37 bits per heavy atom. The predicted molar refractivity (Wildman–Crippen MR) is 67.5 cm³/mol. The van der Waals surface area contributed by atoms with E-state index >= 15 is 0 Å². The van der Waals surface area contributed by atoms with Gasteiger partial charge >= 0.3 is 0 Å². The molecule has 19 heavy (non-hydrogen) atoms. The van der Waals surface area contributed by atoms with Gasteiger partial charge in [-0.05, 0) is 12.1 Å². The summed E-state index contributed by atoms with van der Waals surface area (Å²) in [6.07, 6.45) is 1.53. The Hall–Kier alpha value is -1.79. The molecule has 2 rings (SSSR count). The Morgan fingerprint density at radius 2 is 2.21 bits per heavy atom. The standard InChI is InChI=1S/C13H15F2N3O/c1-19-5-4-16-8-13-17-7-12(18-13)10-3-2-9(14)6-11(10)15/h2-3,6-7,16H,4-5,8H2,1H3,(H,17,18). The molecule has 0 aliphatic carbocycles. The maximum atomic E-state index is 13.6. The van der Waals surface area contributed by atoms with Crippen LogP contribution in [0, 0.1) is 11.6 Å². The van der Waals surface area contributed by atoms with Crippen LogP contribution in [0.15, 0.2) is 24.4 Å². The van der Waals surface area contributed by atoms with Crippen molar-refractivity contribution in [2.45, 2.75) is 6.54 Å². The van der Waals surface area contributed by atoms with Gasteiger partial charge in [0.15, 0.2) is 0 Å². The van der Waals surface area contributed by atoms with Crippen LogP contribution in [0.3, 0.4) is 0 Å². The first kappa shape index (κ1) is 13.6. The molecule has 0 saturated carbocycles. The highest BCUT2D eigenvalue weighted by molar-refractivity contribution is 5.59. The minimum Gasteiger partial charge on any atom is -0.383 e. The number of hydrogen-bond acceptors (Lipinski definition) is 3. The van der Waals surface area contributed by atoms with Crippen LogP contribution in [0.5, 0.6) is 0 Å². The SMILES string of the molecule is COCCNCc1ncc(-c2ccc(F)cc2F)[nH]1. The Balaban J connectivity index is 2.04. The van der Waals surface area contributed by atoms with Gasteiger partial charge in [0.2, 0.25) is 0 Å². The van der Waals surface area contributed by atoms with E-state index < -0.39 is 11.6 Å². The summed E-state index contributed by atoms with van der Waals surface area (Å²) in [5.74, 6) is -0.514. The molecule has 0 bridgehead atoms. The van der Waals surface area contributed by atoms with Gasteiger partial charge in [0.05, 0.1) is 25.0 Å². The summed E-state index contributed by atoms with van der Waals surface area (Å²) >= 11 is 0. The Bertz CT molecular complexity index is 542. The van der Waals surface area contributed by atoms with Crippen molar-refractivity contribution in [2.75, 3.05) is 20.3 Å². The number of benzene rings is 1. The molecule has 4 nitrogen and oxygen atoms in total. The van der Waals surface area contributed by atoms with E-state index in [2.05, 4.69) is 15.3 Å². The second-order valence-corrected chi connectivity index (χ2v) is 4.04. The van der Waals surface area contributed by atoms with Gasteiger partial charge in [-0.1, -0.05) is 0 Å². The first-order valence-corrected chi connectivity index (χ1v) is 5.89. The Morgan fingerprint density at radius 3 is 2.95 bits per heavy atom. The second-order valence-electron chi connectivity index (χ2n) is 4.04. The maximum Gasteiger partial charge on any atom is 0.135 e. The molecule has 6 heteroatoms. The normalized spacial score (nSPS) is 10.9. The summed E-state index contributed by atoms with van der Waals surface area (Å²) < 4.78 is 31.3. The van der Waals surface area contributed by atoms with E-state index in [1.54, 1.807) is 7.11 Å². The van der Waals surface area contributed by atoms with E-state index in [0.29, 0.717) is 36.8 Å². The summed E-state index contributed by atoms with van der Waals surface area (Å²) in [7, 11) is 1.63. The monoisotopic (exact) mass is 267 g/mol. The van der Waals surface area contributed by atoms with Crippen LogP contribution in [0.4, 0.5) is 8.78 Å². The van der Waals surface area contributed by atoms with E-state index in [9.17, 15) is 8.78 Å². The zero-order valence-corrected chi connectivity index (χ0v) is 10.5. The molecule has 0 unspecified atom stereocenters. The van der Waals surface area contributed by atoms with Crippen LogP contribution < -0.4 is 5.32 Å². The number of imidazole rings is 1. The summed E-state index contributed by atoms with van der Waals surface area (Å²) in [6, 6.07) is 3.46. The lowest BCUT2D eigenvalue weighted by atomic mass is 10.1. The van der Waals surface area contributed by atoms with Crippen LogP contribution in [-0.2, 0) is 11.3 Å². The molecule has 0 spiro atoms. The van der Waals surface area contributed by atoms with Crippen LogP contribution >= 0.6 is 0 Å². The summed E-state index contributed by atoms with van der Waals surface area (Å²) in [5, 5.41) is 3.12. The van der Waals surface area contributed by atoms with Crippen LogP contribution in [0.25, 0.3) is 11.3 Å². The van der Waals surface area contributed by atoms with Crippen molar-refractivity contribution >= 4 is 0 Å². The fourth-order valence-corrected chi connectivity index (χ4v) is 1.68. The van der Waals surface area contributed by atoms with Gasteiger partial charge in [-0.2, -0.15) is 0 Å². The second kappa shape index (κ2) is 6.40. The van der Waals surface area contributed by atoms with Crippen LogP contribution in [0.2, 0.25) is 0 Å². The summed E-state index contributed by atoms with van der Waals surface area (Å²) in [4.78, 5) is 7.12. The third-order valence-corrected chi connectivity index (χ3v) is 2.63. The third-order valence-electron chi connectivity index (χ3n) is 2.63. The topological polar surface area (TPSA) is 49.9 Å². The van der Waals surface area contributed by atoms with Crippen molar-refractivity contribution in [1.82, 2.24) is 15.3 Å². The number of nitrogens with one attached hydrogen (secondary N) is 2. The fourth-order valence-electron chi connectivity index (χ4n) is 1.68. The number of ether oxygens (including phenoxy) is 1. The highest BCUT2D eigenvalue weighted by atomic mass is 19.1. The predicted octanol–water partition coefficient (Wildman–Crippen LogP) is 2.09.